The predicted molar refractivity (Wildman–Crippen MR) is 111 cm³/mol. The number of hydrogen-bond donors (Lipinski definition) is 2. The maximum Gasteiger partial charge on any atom is 0.222 e. The first-order valence-electron chi connectivity index (χ1n) is 9.40. The van der Waals surface area contributed by atoms with Gasteiger partial charge in [-0.2, -0.15) is 0 Å². The summed E-state index contributed by atoms with van der Waals surface area (Å²) in [6.07, 6.45) is 5.04. The Morgan fingerprint density at radius 1 is 1.20 bits per heavy atom. The molecule has 0 bridgehead atoms. The summed E-state index contributed by atoms with van der Waals surface area (Å²) in [5.41, 5.74) is 2.47. The van der Waals surface area contributed by atoms with Gasteiger partial charge in [0.05, 0.1) is 12.1 Å². The zero-order chi connectivity index (χ0) is 21.3. The normalized spacial score (nSPS) is 11.0. The summed E-state index contributed by atoms with van der Waals surface area (Å²) in [6.45, 7) is 4.56. The number of imidazole rings is 2. The lowest BCUT2D eigenvalue weighted by atomic mass is 10.2. The van der Waals surface area contributed by atoms with Gasteiger partial charge < -0.3 is 13.9 Å². The Kier molecular flexibility index (Phi) is 5.09. The van der Waals surface area contributed by atoms with Crippen molar-refractivity contribution in [1.29, 1.82) is 10.8 Å². The average molecular weight is 405 g/mol. The van der Waals surface area contributed by atoms with Crippen molar-refractivity contribution in [2.75, 3.05) is 0 Å². The molecule has 3 aromatic heterocycles. The SMILES string of the molecule is CCn1c(Cn2ccnc2-c2cccc(F)c2)nc2cc(C(=N)OC(C)=N)cnc21. The van der Waals surface area contributed by atoms with Gasteiger partial charge in [0.1, 0.15) is 23.0 Å². The first-order valence-corrected chi connectivity index (χ1v) is 9.40. The molecule has 4 rings (SSSR count). The van der Waals surface area contributed by atoms with Gasteiger partial charge in [0.15, 0.2) is 11.5 Å². The molecule has 0 spiro atoms. The summed E-state index contributed by atoms with van der Waals surface area (Å²) in [5, 5.41) is 15.3. The molecule has 0 aliphatic rings. The highest BCUT2D eigenvalue weighted by Gasteiger charge is 2.16. The minimum atomic E-state index is -0.315. The lowest BCUT2D eigenvalue weighted by molar-refractivity contribution is 0.532. The molecule has 0 atom stereocenters. The molecule has 3 heterocycles. The number of hydrogen-bond acceptors (Lipinski definition) is 6. The van der Waals surface area contributed by atoms with Crippen LogP contribution in [0.25, 0.3) is 22.6 Å². The molecule has 0 unspecified atom stereocenters. The van der Waals surface area contributed by atoms with Crippen LogP contribution in [0.5, 0.6) is 0 Å². The lowest BCUT2D eigenvalue weighted by Crippen LogP contribution is -2.10. The van der Waals surface area contributed by atoms with Gasteiger partial charge in [0.25, 0.3) is 0 Å². The van der Waals surface area contributed by atoms with Gasteiger partial charge in [-0.25, -0.2) is 19.3 Å². The van der Waals surface area contributed by atoms with E-state index in [-0.39, 0.29) is 17.6 Å². The Hall–Kier alpha value is -3.88. The standard InChI is InChI=1S/C21H20FN7O/c1-3-29-18(12-28-8-7-25-20(28)14-5-4-6-16(22)9-14)27-17-10-15(11-26-21(17)29)19(24)30-13(2)23/h4-11,23-24H,3,12H2,1-2H3. The molecule has 152 valence electrons. The van der Waals surface area contributed by atoms with Gasteiger partial charge in [-0.15, -0.1) is 0 Å². The Bertz CT molecular complexity index is 1260. The zero-order valence-corrected chi connectivity index (χ0v) is 16.6. The molecule has 0 saturated heterocycles. The zero-order valence-electron chi connectivity index (χ0n) is 16.6. The third-order valence-corrected chi connectivity index (χ3v) is 4.61. The number of ether oxygens (including phenoxy) is 1. The molecule has 0 fully saturated rings. The number of rotatable bonds is 5. The number of aromatic nitrogens is 5. The third kappa shape index (κ3) is 3.69. The molecule has 0 saturated carbocycles. The number of nitrogens with one attached hydrogen (secondary N) is 2. The van der Waals surface area contributed by atoms with Gasteiger partial charge in [-0.05, 0) is 25.1 Å². The number of nitrogens with zero attached hydrogens (tertiary/aromatic N) is 5. The fourth-order valence-corrected chi connectivity index (χ4v) is 3.32. The van der Waals surface area contributed by atoms with Gasteiger partial charge >= 0.3 is 0 Å². The number of pyridine rings is 1. The third-order valence-electron chi connectivity index (χ3n) is 4.61. The minimum absolute atomic E-state index is 0.0649. The van der Waals surface area contributed by atoms with Crippen molar-refractivity contribution in [3.63, 3.8) is 0 Å². The van der Waals surface area contributed by atoms with Crippen molar-refractivity contribution in [2.45, 2.75) is 26.9 Å². The quantitative estimate of drug-likeness (QED) is 0.389. The fraction of sp³-hybridized carbons (Fsp3) is 0.190. The first kappa shape index (κ1) is 19.4. The second-order valence-corrected chi connectivity index (χ2v) is 6.72. The van der Waals surface area contributed by atoms with Crippen LogP contribution in [0.4, 0.5) is 4.39 Å². The molecular formula is C21H20FN7O. The largest absolute Gasteiger partial charge is 0.425 e. The van der Waals surface area contributed by atoms with E-state index in [0.29, 0.717) is 41.2 Å². The molecular weight excluding hydrogens is 385 g/mol. The van der Waals surface area contributed by atoms with Gasteiger partial charge in [-0.3, -0.25) is 10.8 Å². The monoisotopic (exact) mass is 405 g/mol. The molecule has 2 N–H and O–H groups in total. The summed E-state index contributed by atoms with van der Waals surface area (Å²) >= 11 is 0. The van der Waals surface area contributed by atoms with Crippen LogP contribution in [0, 0.1) is 16.6 Å². The van der Waals surface area contributed by atoms with Crippen LogP contribution in [0.15, 0.2) is 48.9 Å². The highest BCUT2D eigenvalue weighted by molar-refractivity contribution is 6.00. The van der Waals surface area contributed by atoms with E-state index in [1.807, 2.05) is 28.3 Å². The van der Waals surface area contributed by atoms with Crippen LogP contribution in [0.2, 0.25) is 0 Å². The Morgan fingerprint density at radius 2 is 2.03 bits per heavy atom. The molecule has 0 amide bonds. The van der Waals surface area contributed by atoms with Crippen LogP contribution in [0.1, 0.15) is 25.2 Å². The Labute approximate surface area is 172 Å². The van der Waals surface area contributed by atoms with Crippen molar-refractivity contribution in [1.82, 2.24) is 24.1 Å². The summed E-state index contributed by atoms with van der Waals surface area (Å²) in [7, 11) is 0. The van der Waals surface area contributed by atoms with Crippen molar-refractivity contribution in [3.05, 3.63) is 66.1 Å². The lowest BCUT2D eigenvalue weighted by Gasteiger charge is -2.10. The van der Waals surface area contributed by atoms with Gasteiger partial charge in [0, 0.05) is 37.6 Å². The summed E-state index contributed by atoms with van der Waals surface area (Å²) in [4.78, 5) is 13.5. The minimum Gasteiger partial charge on any atom is -0.425 e. The molecule has 1 aromatic carbocycles. The number of benzene rings is 1. The van der Waals surface area contributed by atoms with E-state index in [0.717, 1.165) is 5.82 Å². The Balaban J connectivity index is 1.71. The predicted octanol–water partition coefficient (Wildman–Crippen LogP) is 3.84. The van der Waals surface area contributed by atoms with Crippen LogP contribution in [0.3, 0.4) is 0 Å². The van der Waals surface area contributed by atoms with Gasteiger partial charge in [0.2, 0.25) is 5.90 Å². The number of aryl methyl sites for hydroxylation is 1. The number of fused-ring (bicyclic) bond motifs is 1. The van der Waals surface area contributed by atoms with Crippen LogP contribution < -0.4 is 0 Å². The average Bonchev–Trinajstić information content (AvgIpc) is 3.30. The first-order chi connectivity index (χ1) is 14.5. The smallest absolute Gasteiger partial charge is 0.222 e. The van der Waals surface area contributed by atoms with Gasteiger partial charge in [-0.1, -0.05) is 12.1 Å². The van der Waals surface area contributed by atoms with Crippen LogP contribution in [-0.2, 0) is 17.8 Å². The fourth-order valence-electron chi connectivity index (χ4n) is 3.32. The topological polar surface area (TPSA) is 105 Å². The van der Waals surface area contributed by atoms with Crippen molar-refractivity contribution >= 4 is 23.0 Å². The summed E-state index contributed by atoms with van der Waals surface area (Å²) < 4.78 is 22.6. The molecule has 4 aromatic rings. The molecule has 0 aliphatic carbocycles. The van der Waals surface area contributed by atoms with E-state index in [9.17, 15) is 4.39 Å². The number of halogens is 1. The maximum atomic E-state index is 13.7. The van der Waals surface area contributed by atoms with Crippen LogP contribution in [-0.4, -0.2) is 35.9 Å². The molecule has 0 aliphatic heterocycles. The van der Waals surface area contributed by atoms with Crippen LogP contribution >= 0.6 is 0 Å². The maximum absolute atomic E-state index is 13.7. The highest BCUT2D eigenvalue weighted by atomic mass is 19.1. The summed E-state index contributed by atoms with van der Waals surface area (Å²) in [6, 6.07) is 8.05. The Morgan fingerprint density at radius 3 is 2.77 bits per heavy atom. The van der Waals surface area contributed by atoms with E-state index in [2.05, 4.69) is 9.97 Å². The van der Waals surface area contributed by atoms with Crippen molar-refractivity contribution in [2.24, 2.45) is 0 Å². The van der Waals surface area contributed by atoms with Crippen molar-refractivity contribution < 1.29 is 9.13 Å². The second-order valence-electron chi connectivity index (χ2n) is 6.72. The van der Waals surface area contributed by atoms with E-state index in [1.165, 1.54) is 19.1 Å². The van der Waals surface area contributed by atoms with Crippen molar-refractivity contribution in [3.8, 4) is 11.4 Å². The molecule has 30 heavy (non-hydrogen) atoms. The second kappa shape index (κ2) is 7.86. The van der Waals surface area contributed by atoms with E-state index in [1.54, 1.807) is 24.5 Å². The molecule has 9 heteroatoms. The van der Waals surface area contributed by atoms with E-state index < -0.39 is 0 Å². The van der Waals surface area contributed by atoms with E-state index in [4.69, 9.17) is 20.5 Å². The van der Waals surface area contributed by atoms with E-state index >= 15 is 0 Å². The molecule has 0 radical (unpaired) electrons. The highest BCUT2D eigenvalue weighted by Crippen LogP contribution is 2.21. The molecule has 8 nitrogen and oxygen atoms in total. The summed E-state index contributed by atoms with van der Waals surface area (Å²) in [5.74, 6) is 0.889.